The van der Waals surface area contributed by atoms with Gasteiger partial charge in [-0.1, -0.05) is 41.5 Å². The van der Waals surface area contributed by atoms with Gasteiger partial charge in [0.05, 0.1) is 39.6 Å². The molecule has 0 aliphatic heterocycles. The molecule has 48 heavy (non-hydrogen) atoms. The van der Waals surface area contributed by atoms with E-state index >= 15 is 0 Å². The van der Waals surface area contributed by atoms with E-state index in [1.54, 1.807) is 0 Å². The monoisotopic (exact) mass is 697 g/mol. The van der Waals surface area contributed by atoms with Crippen molar-refractivity contribution in [2.75, 3.05) is 79.3 Å². The van der Waals surface area contributed by atoms with Gasteiger partial charge in [0, 0.05) is 78.2 Å². The van der Waals surface area contributed by atoms with Crippen molar-refractivity contribution >= 4 is 37.7 Å². The van der Waals surface area contributed by atoms with Crippen molar-refractivity contribution in [3.63, 3.8) is 0 Å². The molecule has 0 aromatic carbocycles. The highest BCUT2D eigenvalue weighted by molar-refractivity contribution is 5.50. The molecule has 0 aliphatic carbocycles. The van der Waals surface area contributed by atoms with Gasteiger partial charge < -0.3 is 57.2 Å². The van der Waals surface area contributed by atoms with Gasteiger partial charge in [0.15, 0.2) is 0 Å². The van der Waals surface area contributed by atoms with E-state index in [2.05, 4.69) is 0 Å². The van der Waals surface area contributed by atoms with Gasteiger partial charge in [-0.25, -0.2) is 0 Å². The van der Waals surface area contributed by atoms with Crippen LogP contribution in [0.5, 0.6) is 0 Å². The quantitative estimate of drug-likeness (QED) is 0.0582. The van der Waals surface area contributed by atoms with Crippen LogP contribution in [0.25, 0.3) is 0 Å². The predicted octanol–water partition coefficient (Wildman–Crippen LogP) is 6.01. The number of ether oxygens (including phenoxy) is 6. The molecule has 0 spiro atoms. The maximum Gasteiger partial charge on any atom is 0.120 e. The summed E-state index contributed by atoms with van der Waals surface area (Å²) in [4.78, 5) is 59.6. The average molecular weight is 697 g/mol. The fourth-order valence-electron chi connectivity index (χ4n) is 2.58. The van der Waals surface area contributed by atoms with Gasteiger partial charge in [-0.3, -0.25) is 0 Å². The maximum atomic E-state index is 9.93. The van der Waals surface area contributed by atoms with Crippen LogP contribution in [0.3, 0.4) is 0 Å². The second-order valence-electron chi connectivity index (χ2n) is 8.53. The SMILES string of the molecule is CC.CC.CC.O=CCCCOCCOCCCC=O.O=CCCCOCCOCCCC=O.O=CCCCOCCOCCCC=O. The van der Waals surface area contributed by atoms with Crippen LogP contribution in [0.1, 0.15) is 119 Å². The third-order valence-electron chi connectivity index (χ3n) is 4.78. The lowest BCUT2D eigenvalue weighted by atomic mass is 10.3. The minimum absolute atomic E-state index is 0.556. The summed E-state index contributed by atoms with van der Waals surface area (Å²) in [5.74, 6) is 0. The number of hydrogen-bond acceptors (Lipinski definition) is 12. The second-order valence-corrected chi connectivity index (χ2v) is 8.53. The average Bonchev–Trinajstić information content (AvgIpc) is 3.14. The van der Waals surface area contributed by atoms with E-state index in [9.17, 15) is 28.8 Å². The van der Waals surface area contributed by atoms with Crippen molar-refractivity contribution in [3.8, 4) is 0 Å². The van der Waals surface area contributed by atoms with E-state index in [-0.39, 0.29) is 0 Å². The van der Waals surface area contributed by atoms with Gasteiger partial charge in [0.1, 0.15) is 37.7 Å². The summed E-state index contributed by atoms with van der Waals surface area (Å²) in [6.45, 7) is 19.0. The molecule has 0 radical (unpaired) electrons. The highest BCUT2D eigenvalue weighted by Gasteiger charge is 1.93. The standard InChI is InChI=1S/3C10H18O4.3C2H6/c3*11-5-1-3-7-13-9-10-14-8-4-2-6-12;3*1-2/h3*5-6H,1-4,7-10H2;3*1-2H3. The number of carbonyl (C=O) groups is 6. The van der Waals surface area contributed by atoms with Crippen molar-refractivity contribution in [3.05, 3.63) is 0 Å². The Morgan fingerprint density at radius 2 is 0.375 bits per heavy atom. The van der Waals surface area contributed by atoms with Gasteiger partial charge in [0.25, 0.3) is 0 Å². The highest BCUT2D eigenvalue weighted by Crippen LogP contribution is 1.91. The molecule has 0 saturated heterocycles. The first-order chi connectivity index (χ1) is 23.7. The molecule has 0 aromatic heterocycles. The third kappa shape index (κ3) is 84.6. The minimum atomic E-state index is 0.556. The number of carbonyl (C=O) groups excluding carboxylic acids is 6. The van der Waals surface area contributed by atoms with Crippen LogP contribution in [0.2, 0.25) is 0 Å². The molecule has 12 heteroatoms. The molecule has 0 fully saturated rings. The molecule has 0 aliphatic rings. The number of rotatable bonds is 33. The Labute approximate surface area is 292 Å². The minimum Gasteiger partial charge on any atom is -0.379 e. The van der Waals surface area contributed by atoms with Gasteiger partial charge in [-0.2, -0.15) is 0 Å². The Morgan fingerprint density at radius 1 is 0.250 bits per heavy atom. The van der Waals surface area contributed by atoms with Crippen LogP contribution in [0.4, 0.5) is 0 Å². The molecular weight excluding hydrogens is 624 g/mol. The largest absolute Gasteiger partial charge is 0.379 e. The summed E-state index contributed by atoms with van der Waals surface area (Å²) in [5.41, 5.74) is 0. The number of hydrogen-bond donors (Lipinski definition) is 0. The van der Waals surface area contributed by atoms with Gasteiger partial charge >= 0.3 is 0 Å². The fraction of sp³-hybridized carbons (Fsp3) is 0.833. The van der Waals surface area contributed by atoms with Crippen LogP contribution >= 0.6 is 0 Å². The zero-order valence-electron chi connectivity index (χ0n) is 31.3. The summed E-state index contributed by atoms with van der Waals surface area (Å²) in [7, 11) is 0. The smallest absolute Gasteiger partial charge is 0.120 e. The Kier molecular flexibility index (Phi) is 90.9. The van der Waals surface area contributed by atoms with Crippen LogP contribution in [0.15, 0.2) is 0 Å². The summed E-state index contributed by atoms with van der Waals surface area (Å²) in [6.07, 6.45) is 13.3. The molecule has 0 unspecified atom stereocenters. The van der Waals surface area contributed by atoms with E-state index in [4.69, 9.17) is 28.4 Å². The molecule has 0 N–H and O–H groups in total. The van der Waals surface area contributed by atoms with E-state index in [1.165, 1.54) is 0 Å². The van der Waals surface area contributed by atoms with Crippen molar-refractivity contribution in [2.24, 2.45) is 0 Å². The molecular formula is C36H72O12. The molecule has 0 heterocycles. The zero-order valence-corrected chi connectivity index (χ0v) is 31.3. The highest BCUT2D eigenvalue weighted by atomic mass is 16.5. The molecule has 0 aromatic rings. The zero-order chi connectivity index (χ0) is 37.5. The van der Waals surface area contributed by atoms with E-state index in [0.29, 0.717) is 118 Å². The molecule has 288 valence electrons. The Morgan fingerprint density at radius 3 is 0.479 bits per heavy atom. The number of aldehydes is 6. The second kappa shape index (κ2) is 75.2. The van der Waals surface area contributed by atoms with E-state index < -0.39 is 0 Å². The number of unbranched alkanes of at least 4 members (excludes halogenated alkanes) is 6. The first kappa shape index (κ1) is 58.0. The molecule has 0 rings (SSSR count). The third-order valence-corrected chi connectivity index (χ3v) is 4.78. The summed E-state index contributed by atoms with van der Waals surface area (Å²) in [6, 6.07) is 0. The molecule has 12 nitrogen and oxygen atoms in total. The Balaban J connectivity index is -0.000000127. The molecule has 0 atom stereocenters. The maximum absolute atomic E-state index is 9.93. The lowest BCUT2D eigenvalue weighted by Crippen LogP contribution is -2.06. The molecule has 0 saturated carbocycles. The van der Waals surface area contributed by atoms with Gasteiger partial charge in [-0.15, -0.1) is 0 Å². The van der Waals surface area contributed by atoms with Crippen molar-refractivity contribution in [1.29, 1.82) is 0 Å². The summed E-state index contributed by atoms with van der Waals surface area (Å²) >= 11 is 0. The van der Waals surface area contributed by atoms with Gasteiger partial charge in [0.2, 0.25) is 0 Å². The van der Waals surface area contributed by atoms with Crippen molar-refractivity contribution < 1.29 is 57.2 Å². The molecule has 0 amide bonds. The summed E-state index contributed by atoms with van der Waals surface area (Å²) in [5, 5.41) is 0. The lowest BCUT2D eigenvalue weighted by Gasteiger charge is -2.03. The Bertz CT molecular complexity index is 439. The van der Waals surface area contributed by atoms with E-state index in [1.807, 2.05) is 41.5 Å². The van der Waals surface area contributed by atoms with Crippen LogP contribution < -0.4 is 0 Å². The fourth-order valence-corrected chi connectivity index (χ4v) is 2.58. The van der Waals surface area contributed by atoms with Gasteiger partial charge in [-0.05, 0) is 38.5 Å². The predicted molar refractivity (Wildman–Crippen MR) is 191 cm³/mol. The van der Waals surface area contributed by atoms with Crippen molar-refractivity contribution in [2.45, 2.75) is 119 Å². The molecule has 0 bridgehead atoms. The lowest BCUT2D eigenvalue weighted by molar-refractivity contribution is -0.109. The van der Waals surface area contributed by atoms with Crippen LogP contribution in [0, 0.1) is 0 Å². The van der Waals surface area contributed by atoms with Crippen LogP contribution in [-0.4, -0.2) is 117 Å². The van der Waals surface area contributed by atoms with E-state index in [0.717, 1.165) is 76.2 Å². The first-order valence-corrected chi connectivity index (χ1v) is 17.8. The Hall–Kier alpha value is -2.22. The summed E-state index contributed by atoms with van der Waals surface area (Å²) < 4.78 is 31.1. The van der Waals surface area contributed by atoms with Crippen molar-refractivity contribution in [1.82, 2.24) is 0 Å². The normalized spacial score (nSPS) is 9.12. The first-order valence-electron chi connectivity index (χ1n) is 17.8. The van der Waals surface area contributed by atoms with Crippen LogP contribution in [-0.2, 0) is 57.2 Å². The topological polar surface area (TPSA) is 158 Å².